The van der Waals surface area contributed by atoms with E-state index in [0.29, 0.717) is 6.54 Å². The van der Waals surface area contributed by atoms with Crippen molar-refractivity contribution in [2.45, 2.75) is 13.5 Å². The Labute approximate surface area is 134 Å². The molecule has 0 bridgehead atoms. The lowest BCUT2D eigenvalue weighted by Crippen LogP contribution is -2.48. The summed E-state index contributed by atoms with van der Waals surface area (Å²) in [6.45, 7) is 5.64. The topological polar surface area (TPSA) is 62.5 Å². The van der Waals surface area contributed by atoms with Crippen LogP contribution in [0.25, 0.3) is 0 Å². The summed E-state index contributed by atoms with van der Waals surface area (Å²) in [5.41, 5.74) is 8.41. The lowest BCUT2D eigenvalue weighted by molar-refractivity contribution is 0.0747. The Morgan fingerprint density at radius 2 is 1.91 bits per heavy atom. The van der Waals surface area contributed by atoms with Crippen molar-refractivity contribution in [1.82, 2.24) is 9.88 Å². The number of benzene rings is 1. The third-order valence-electron chi connectivity index (χ3n) is 3.88. The molecule has 0 radical (unpaired) electrons. The van der Waals surface area contributed by atoms with Crippen LogP contribution in [0.3, 0.4) is 0 Å². The van der Waals surface area contributed by atoms with E-state index < -0.39 is 0 Å². The Kier molecular flexibility index (Phi) is 4.40. The molecule has 0 aliphatic carbocycles. The molecule has 1 amide bonds. The molecule has 0 atom stereocenters. The van der Waals surface area contributed by atoms with Crippen LogP contribution in [-0.2, 0) is 6.54 Å². The Hall–Kier alpha value is -1.92. The summed E-state index contributed by atoms with van der Waals surface area (Å²) >= 11 is 1.67. The number of hydrogen-bond acceptors (Lipinski definition) is 5. The van der Waals surface area contributed by atoms with Crippen molar-refractivity contribution in [2.24, 2.45) is 5.73 Å². The van der Waals surface area contributed by atoms with Gasteiger partial charge in [0.05, 0.1) is 5.69 Å². The van der Waals surface area contributed by atoms with E-state index in [-0.39, 0.29) is 5.91 Å². The molecular weight excluding hydrogens is 296 g/mol. The lowest BCUT2D eigenvalue weighted by Gasteiger charge is -2.34. The van der Waals surface area contributed by atoms with Crippen LogP contribution in [0.2, 0.25) is 0 Å². The number of amides is 1. The van der Waals surface area contributed by atoms with E-state index in [1.165, 1.54) is 0 Å². The van der Waals surface area contributed by atoms with Gasteiger partial charge in [-0.15, -0.1) is 11.3 Å². The molecule has 1 aliphatic rings. The molecular formula is C16H20N4OS. The molecule has 1 fully saturated rings. The van der Waals surface area contributed by atoms with Crippen molar-refractivity contribution in [3.05, 3.63) is 46.5 Å². The molecule has 6 heteroatoms. The Bertz CT molecular complexity index is 644. The van der Waals surface area contributed by atoms with Gasteiger partial charge in [-0.2, -0.15) is 0 Å². The van der Waals surface area contributed by atoms with Gasteiger partial charge in [0.2, 0.25) is 0 Å². The quantitative estimate of drug-likeness (QED) is 0.939. The van der Waals surface area contributed by atoms with Crippen molar-refractivity contribution >= 4 is 22.4 Å². The van der Waals surface area contributed by atoms with Gasteiger partial charge in [0.1, 0.15) is 0 Å². The van der Waals surface area contributed by atoms with Crippen LogP contribution < -0.4 is 10.6 Å². The lowest BCUT2D eigenvalue weighted by atomic mass is 10.1. The molecule has 116 valence electrons. The summed E-state index contributed by atoms with van der Waals surface area (Å²) in [5, 5.41) is 3.11. The summed E-state index contributed by atoms with van der Waals surface area (Å²) in [6.07, 6.45) is 0. The summed E-state index contributed by atoms with van der Waals surface area (Å²) in [4.78, 5) is 21.2. The van der Waals surface area contributed by atoms with Gasteiger partial charge in [0, 0.05) is 43.7 Å². The minimum Gasteiger partial charge on any atom is -0.345 e. The van der Waals surface area contributed by atoms with Crippen molar-refractivity contribution < 1.29 is 4.79 Å². The van der Waals surface area contributed by atoms with Gasteiger partial charge >= 0.3 is 0 Å². The van der Waals surface area contributed by atoms with Gasteiger partial charge < -0.3 is 15.5 Å². The molecule has 0 unspecified atom stereocenters. The summed E-state index contributed by atoms with van der Waals surface area (Å²) in [5.74, 6) is 0.0959. The highest BCUT2D eigenvalue weighted by atomic mass is 32.1. The number of piperazine rings is 1. The molecule has 1 aromatic carbocycles. The monoisotopic (exact) mass is 316 g/mol. The molecule has 3 rings (SSSR count). The van der Waals surface area contributed by atoms with Crippen LogP contribution in [0.5, 0.6) is 0 Å². The number of hydrogen-bond donors (Lipinski definition) is 1. The van der Waals surface area contributed by atoms with Crippen LogP contribution >= 0.6 is 11.3 Å². The summed E-state index contributed by atoms with van der Waals surface area (Å²) in [7, 11) is 0. The van der Waals surface area contributed by atoms with E-state index in [9.17, 15) is 4.79 Å². The number of aromatic nitrogens is 1. The second kappa shape index (κ2) is 6.46. The molecule has 0 spiro atoms. The highest BCUT2D eigenvalue weighted by molar-refractivity contribution is 7.13. The first-order valence-electron chi connectivity index (χ1n) is 7.43. The molecule has 1 aliphatic heterocycles. The zero-order valence-corrected chi connectivity index (χ0v) is 13.5. The number of aryl methyl sites for hydroxylation is 1. The fourth-order valence-corrected chi connectivity index (χ4v) is 3.41. The van der Waals surface area contributed by atoms with E-state index in [2.05, 4.69) is 15.3 Å². The van der Waals surface area contributed by atoms with Crippen LogP contribution in [0, 0.1) is 6.92 Å². The first-order chi connectivity index (χ1) is 10.7. The van der Waals surface area contributed by atoms with E-state index in [1.54, 1.807) is 11.3 Å². The van der Waals surface area contributed by atoms with E-state index in [0.717, 1.165) is 48.1 Å². The smallest absolute Gasteiger partial charge is 0.253 e. The normalized spacial score (nSPS) is 15.2. The minimum atomic E-state index is 0.0959. The number of thiazole rings is 1. The summed E-state index contributed by atoms with van der Waals surface area (Å²) in [6, 6.07) is 7.56. The fourth-order valence-electron chi connectivity index (χ4n) is 2.55. The number of rotatable bonds is 3. The molecule has 2 heterocycles. The van der Waals surface area contributed by atoms with Crippen molar-refractivity contribution in [2.75, 3.05) is 31.1 Å². The third kappa shape index (κ3) is 3.13. The second-order valence-corrected chi connectivity index (χ2v) is 6.29. The molecule has 0 saturated carbocycles. The van der Waals surface area contributed by atoms with Crippen LogP contribution in [0.4, 0.5) is 5.13 Å². The fraction of sp³-hybridized carbons (Fsp3) is 0.375. The highest BCUT2D eigenvalue weighted by Gasteiger charge is 2.23. The average Bonchev–Trinajstić information content (AvgIpc) is 3.01. The Morgan fingerprint density at radius 1 is 1.23 bits per heavy atom. The summed E-state index contributed by atoms with van der Waals surface area (Å²) < 4.78 is 0. The molecule has 5 nitrogen and oxygen atoms in total. The van der Waals surface area contributed by atoms with Crippen LogP contribution in [-0.4, -0.2) is 42.0 Å². The van der Waals surface area contributed by atoms with Gasteiger partial charge in [-0.1, -0.05) is 12.1 Å². The molecule has 1 aromatic heterocycles. The van der Waals surface area contributed by atoms with Gasteiger partial charge in [0.15, 0.2) is 5.13 Å². The van der Waals surface area contributed by atoms with Crippen molar-refractivity contribution in [3.8, 4) is 0 Å². The average molecular weight is 316 g/mol. The van der Waals surface area contributed by atoms with E-state index >= 15 is 0 Å². The maximum absolute atomic E-state index is 12.5. The standard InChI is InChI=1S/C16H20N4OS/c1-12-11-22-16(18-12)20-8-6-19(7-9-20)15(21)14-4-2-13(10-17)3-5-14/h2-5,11H,6-10,17H2,1H3. The largest absolute Gasteiger partial charge is 0.345 e. The maximum Gasteiger partial charge on any atom is 0.253 e. The first kappa shape index (κ1) is 15.0. The minimum absolute atomic E-state index is 0.0959. The first-order valence-corrected chi connectivity index (χ1v) is 8.30. The number of carbonyl (C=O) groups is 1. The maximum atomic E-state index is 12.5. The van der Waals surface area contributed by atoms with Gasteiger partial charge in [-0.05, 0) is 24.6 Å². The number of carbonyl (C=O) groups excluding carboxylic acids is 1. The molecule has 1 saturated heterocycles. The SMILES string of the molecule is Cc1csc(N2CCN(C(=O)c3ccc(CN)cc3)CC2)n1. The van der Waals surface area contributed by atoms with Crippen LogP contribution in [0.1, 0.15) is 21.6 Å². The highest BCUT2D eigenvalue weighted by Crippen LogP contribution is 2.21. The van der Waals surface area contributed by atoms with E-state index in [1.807, 2.05) is 36.1 Å². The zero-order chi connectivity index (χ0) is 15.5. The molecule has 22 heavy (non-hydrogen) atoms. The van der Waals surface area contributed by atoms with Crippen molar-refractivity contribution in [1.29, 1.82) is 0 Å². The Morgan fingerprint density at radius 3 is 2.45 bits per heavy atom. The van der Waals surface area contributed by atoms with Gasteiger partial charge in [0.25, 0.3) is 5.91 Å². The molecule has 2 aromatic rings. The van der Waals surface area contributed by atoms with Crippen molar-refractivity contribution in [3.63, 3.8) is 0 Å². The number of nitrogens with two attached hydrogens (primary N) is 1. The van der Waals surface area contributed by atoms with E-state index in [4.69, 9.17) is 5.73 Å². The Balaban J connectivity index is 1.61. The number of nitrogens with zero attached hydrogens (tertiary/aromatic N) is 3. The molecule has 2 N–H and O–H groups in total. The van der Waals surface area contributed by atoms with Crippen LogP contribution in [0.15, 0.2) is 29.6 Å². The second-order valence-electron chi connectivity index (χ2n) is 5.45. The zero-order valence-electron chi connectivity index (χ0n) is 12.7. The number of anilines is 1. The predicted molar refractivity (Wildman–Crippen MR) is 89.3 cm³/mol. The third-order valence-corrected chi connectivity index (χ3v) is 4.90. The van der Waals surface area contributed by atoms with Gasteiger partial charge in [-0.25, -0.2) is 4.98 Å². The predicted octanol–water partition coefficient (Wildman–Crippen LogP) is 1.87. The van der Waals surface area contributed by atoms with Gasteiger partial charge in [-0.3, -0.25) is 4.79 Å².